The highest BCUT2D eigenvalue weighted by Gasteiger charge is 2.12. The molecule has 0 spiro atoms. The second-order valence-electron chi connectivity index (χ2n) is 5.04. The number of benzene rings is 1. The summed E-state index contributed by atoms with van der Waals surface area (Å²) in [5.74, 6) is -0.501. The van der Waals surface area contributed by atoms with Crippen molar-refractivity contribution in [3.8, 4) is 0 Å². The summed E-state index contributed by atoms with van der Waals surface area (Å²) in [6.45, 7) is 0. The Morgan fingerprint density at radius 2 is 2.00 bits per heavy atom. The lowest BCUT2D eigenvalue weighted by Crippen LogP contribution is -2.15. The van der Waals surface area contributed by atoms with Crippen molar-refractivity contribution in [1.29, 1.82) is 0 Å². The maximum Gasteiger partial charge on any atom is 0.291 e. The monoisotopic (exact) mass is 305 g/mol. The van der Waals surface area contributed by atoms with Crippen LogP contribution in [0.15, 0.2) is 70.1 Å². The summed E-state index contributed by atoms with van der Waals surface area (Å²) in [6, 6.07) is 13.4. The molecule has 4 rings (SSSR count). The SMILES string of the molecule is O=C(Nc1ccn2nccc2c1)c1cc(=O)c2ccccc2o1. The molecule has 0 bridgehead atoms. The molecule has 1 amide bonds. The zero-order valence-corrected chi connectivity index (χ0v) is 11.9. The normalized spacial score (nSPS) is 11.0. The number of carbonyl (C=O) groups excluding carboxylic acids is 1. The van der Waals surface area contributed by atoms with Gasteiger partial charge in [-0.25, -0.2) is 4.52 Å². The van der Waals surface area contributed by atoms with Crippen LogP contribution in [0.25, 0.3) is 16.5 Å². The number of anilines is 1. The number of carbonyl (C=O) groups is 1. The predicted molar refractivity (Wildman–Crippen MR) is 85.6 cm³/mol. The first-order chi connectivity index (χ1) is 11.2. The Morgan fingerprint density at radius 3 is 2.91 bits per heavy atom. The van der Waals surface area contributed by atoms with Gasteiger partial charge in [0.05, 0.1) is 10.9 Å². The van der Waals surface area contributed by atoms with E-state index in [9.17, 15) is 9.59 Å². The topological polar surface area (TPSA) is 76.6 Å². The van der Waals surface area contributed by atoms with E-state index in [0.29, 0.717) is 16.7 Å². The minimum absolute atomic E-state index is 0.0259. The van der Waals surface area contributed by atoms with Crippen molar-refractivity contribution in [2.45, 2.75) is 0 Å². The summed E-state index contributed by atoms with van der Waals surface area (Å²) in [7, 11) is 0. The molecule has 0 aliphatic heterocycles. The average molecular weight is 305 g/mol. The maximum absolute atomic E-state index is 12.3. The number of rotatable bonds is 2. The van der Waals surface area contributed by atoms with E-state index in [4.69, 9.17) is 4.42 Å². The van der Waals surface area contributed by atoms with E-state index in [-0.39, 0.29) is 11.2 Å². The Balaban J connectivity index is 1.69. The van der Waals surface area contributed by atoms with Gasteiger partial charge in [-0.15, -0.1) is 0 Å². The molecule has 0 unspecified atom stereocenters. The number of fused-ring (bicyclic) bond motifs is 2. The van der Waals surface area contributed by atoms with E-state index >= 15 is 0 Å². The van der Waals surface area contributed by atoms with Crippen LogP contribution in [0.2, 0.25) is 0 Å². The van der Waals surface area contributed by atoms with Gasteiger partial charge in [-0.2, -0.15) is 5.10 Å². The summed E-state index contributed by atoms with van der Waals surface area (Å²) in [5, 5.41) is 7.26. The molecule has 6 heteroatoms. The van der Waals surface area contributed by atoms with Crippen LogP contribution in [0.5, 0.6) is 0 Å². The number of nitrogens with one attached hydrogen (secondary N) is 1. The van der Waals surface area contributed by atoms with Crippen LogP contribution in [0.4, 0.5) is 5.69 Å². The van der Waals surface area contributed by atoms with Gasteiger partial charge in [0.1, 0.15) is 5.58 Å². The largest absolute Gasteiger partial charge is 0.451 e. The number of para-hydroxylation sites is 1. The average Bonchev–Trinajstić information content (AvgIpc) is 3.02. The third-order valence-corrected chi connectivity index (χ3v) is 3.52. The van der Waals surface area contributed by atoms with E-state index in [1.807, 2.05) is 6.07 Å². The van der Waals surface area contributed by atoms with Crippen molar-refractivity contribution in [3.63, 3.8) is 0 Å². The number of hydrogen-bond donors (Lipinski definition) is 1. The van der Waals surface area contributed by atoms with Gasteiger partial charge >= 0.3 is 0 Å². The highest BCUT2D eigenvalue weighted by Crippen LogP contribution is 2.15. The Labute approximate surface area is 130 Å². The van der Waals surface area contributed by atoms with Gasteiger partial charge in [0.2, 0.25) is 0 Å². The van der Waals surface area contributed by atoms with Gasteiger partial charge in [0.25, 0.3) is 5.91 Å². The van der Waals surface area contributed by atoms with Crippen LogP contribution >= 0.6 is 0 Å². The molecule has 0 fully saturated rings. The Morgan fingerprint density at radius 1 is 1.13 bits per heavy atom. The molecule has 0 atom stereocenters. The standard InChI is InChI=1S/C17H11N3O3/c21-14-10-16(23-15-4-2-1-3-13(14)15)17(22)19-11-6-8-20-12(9-11)5-7-18-20/h1-10H,(H,19,22). The smallest absolute Gasteiger partial charge is 0.291 e. The molecule has 0 aliphatic carbocycles. The zero-order valence-electron chi connectivity index (χ0n) is 11.9. The molecule has 4 aromatic rings. The summed E-state index contributed by atoms with van der Waals surface area (Å²) in [6.07, 6.45) is 3.41. The summed E-state index contributed by atoms with van der Waals surface area (Å²) in [4.78, 5) is 24.4. The van der Waals surface area contributed by atoms with Crippen LogP contribution in [-0.4, -0.2) is 15.5 Å². The van der Waals surface area contributed by atoms with Crippen molar-refractivity contribution in [2.75, 3.05) is 5.32 Å². The van der Waals surface area contributed by atoms with Gasteiger partial charge in [0.15, 0.2) is 11.2 Å². The van der Waals surface area contributed by atoms with Crippen molar-refractivity contribution in [1.82, 2.24) is 9.61 Å². The Bertz CT molecular complexity index is 1090. The van der Waals surface area contributed by atoms with Crippen LogP contribution in [0, 0.1) is 0 Å². The van der Waals surface area contributed by atoms with Gasteiger partial charge < -0.3 is 9.73 Å². The van der Waals surface area contributed by atoms with Gasteiger partial charge in [0, 0.05) is 24.1 Å². The lowest BCUT2D eigenvalue weighted by Gasteiger charge is -2.06. The van der Waals surface area contributed by atoms with Crippen molar-refractivity contribution < 1.29 is 9.21 Å². The van der Waals surface area contributed by atoms with Crippen molar-refractivity contribution >= 4 is 28.1 Å². The Hall–Kier alpha value is -3.41. The molecule has 3 heterocycles. The third-order valence-electron chi connectivity index (χ3n) is 3.52. The van der Waals surface area contributed by atoms with E-state index < -0.39 is 5.91 Å². The summed E-state index contributed by atoms with van der Waals surface area (Å²) in [5.41, 5.74) is 1.58. The van der Waals surface area contributed by atoms with Crippen LogP contribution < -0.4 is 10.7 Å². The van der Waals surface area contributed by atoms with Crippen LogP contribution in [-0.2, 0) is 0 Å². The molecular weight excluding hydrogens is 294 g/mol. The van der Waals surface area contributed by atoms with E-state index in [1.165, 1.54) is 6.07 Å². The fourth-order valence-electron chi connectivity index (χ4n) is 2.41. The molecule has 0 radical (unpaired) electrons. The van der Waals surface area contributed by atoms with Crippen LogP contribution in [0.3, 0.4) is 0 Å². The molecule has 23 heavy (non-hydrogen) atoms. The lowest BCUT2D eigenvalue weighted by molar-refractivity contribution is 0.0997. The number of pyridine rings is 1. The Kier molecular flexibility index (Phi) is 2.94. The van der Waals surface area contributed by atoms with Gasteiger partial charge in [-0.05, 0) is 30.3 Å². The number of nitrogens with zero attached hydrogens (tertiary/aromatic N) is 2. The minimum atomic E-state index is -0.475. The fraction of sp³-hybridized carbons (Fsp3) is 0. The highest BCUT2D eigenvalue weighted by molar-refractivity contribution is 6.03. The minimum Gasteiger partial charge on any atom is -0.451 e. The maximum atomic E-state index is 12.3. The molecule has 0 saturated carbocycles. The second kappa shape index (κ2) is 5.10. The first-order valence-corrected chi connectivity index (χ1v) is 6.98. The van der Waals surface area contributed by atoms with Gasteiger partial charge in [-0.3, -0.25) is 9.59 Å². The first-order valence-electron chi connectivity index (χ1n) is 6.98. The van der Waals surface area contributed by atoms with E-state index in [0.717, 1.165) is 5.52 Å². The molecule has 6 nitrogen and oxygen atoms in total. The lowest BCUT2D eigenvalue weighted by atomic mass is 10.2. The van der Waals surface area contributed by atoms with Crippen LogP contribution in [0.1, 0.15) is 10.6 Å². The number of aromatic nitrogens is 2. The molecule has 1 aromatic carbocycles. The fourth-order valence-corrected chi connectivity index (χ4v) is 2.41. The van der Waals surface area contributed by atoms with E-state index in [2.05, 4.69) is 10.4 Å². The summed E-state index contributed by atoms with van der Waals surface area (Å²) >= 11 is 0. The van der Waals surface area contributed by atoms with Crippen molar-refractivity contribution in [3.05, 3.63) is 76.9 Å². The molecular formula is C17H11N3O3. The number of amides is 1. The second-order valence-corrected chi connectivity index (χ2v) is 5.04. The first kappa shape index (κ1) is 13.3. The molecule has 1 N–H and O–H groups in total. The highest BCUT2D eigenvalue weighted by atomic mass is 16.3. The molecule has 112 valence electrons. The quantitative estimate of drug-likeness (QED) is 0.617. The van der Waals surface area contributed by atoms with E-state index in [1.54, 1.807) is 53.3 Å². The van der Waals surface area contributed by atoms with Crippen molar-refractivity contribution in [2.24, 2.45) is 0 Å². The van der Waals surface area contributed by atoms with Gasteiger partial charge in [-0.1, -0.05) is 12.1 Å². The number of hydrogen-bond acceptors (Lipinski definition) is 4. The summed E-state index contributed by atoms with van der Waals surface area (Å²) < 4.78 is 7.21. The third kappa shape index (κ3) is 2.36. The molecule has 3 aromatic heterocycles. The molecule has 0 saturated heterocycles. The predicted octanol–water partition coefficient (Wildman–Crippen LogP) is 2.69. The zero-order chi connectivity index (χ0) is 15.8. The molecule has 0 aliphatic rings.